The molecule has 1 N–H and O–H groups in total. The Kier molecular flexibility index (Phi) is 4.74. The first kappa shape index (κ1) is 20.5. The zero-order valence-corrected chi connectivity index (χ0v) is 19.6. The minimum Gasteiger partial charge on any atom is -0.497 e. The van der Waals surface area contributed by atoms with Crippen molar-refractivity contribution in [2.24, 2.45) is 0 Å². The molecule has 178 valence electrons. The van der Waals surface area contributed by atoms with E-state index < -0.39 is 0 Å². The number of rotatable bonds is 5. The van der Waals surface area contributed by atoms with E-state index in [1.54, 1.807) is 7.11 Å². The van der Waals surface area contributed by atoms with E-state index >= 15 is 0 Å². The molecule has 7 rings (SSSR count). The highest BCUT2D eigenvalue weighted by atomic mass is 16.5. The van der Waals surface area contributed by atoms with E-state index in [2.05, 4.69) is 38.0 Å². The van der Waals surface area contributed by atoms with Gasteiger partial charge < -0.3 is 19.3 Å². The fourth-order valence-corrected chi connectivity index (χ4v) is 6.09. The van der Waals surface area contributed by atoms with Crippen LogP contribution >= 0.6 is 0 Å². The summed E-state index contributed by atoms with van der Waals surface area (Å²) in [4.78, 5) is 28.3. The van der Waals surface area contributed by atoms with Crippen molar-refractivity contribution >= 4 is 16.9 Å². The Hall–Kier alpha value is -2.84. The highest BCUT2D eigenvalue weighted by Gasteiger charge is 2.39. The lowest BCUT2D eigenvalue weighted by atomic mass is 10.0. The van der Waals surface area contributed by atoms with Gasteiger partial charge in [0.05, 0.1) is 36.8 Å². The van der Waals surface area contributed by atoms with E-state index in [9.17, 15) is 4.79 Å². The molecule has 34 heavy (non-hydrogen) atoms. The Labute approximate surface area is 198 Å². The minimum atomic E-state index is -0.0442. The van der Waals surface area contributed by atoms with Gasteiger partial charge >= 0.3 is 0 Å². The Morgan fingerprint density at radius 3 is 2.91 bits per heavy atom. The standard InChI is InChI=1S/C26H31N5O3/c1-33-20-9-22(17-3-4-17)24-23(10-20)27-26(28-25(24)32)30-7-6-29-11-16(2-5-18(29)13-30)12-31-14-21-8-19(31)15-34-21/h2,5,9-11,17-19,21H,3-4,6-8,12-15H2,1H3,(H,27,28,32). The molecule has 4 fully saturated rings. The van der Waals surface area contributed by atoms with Crippen molar-refractivity contribution in [3.63, 3.8) is 0 Å². The SMILES string of the molecule is COc1cc(C2CC2)c2c(=O)[nH]c(N3CCN4C=C(CN5CC6CC5CO6)C=CC4C3)nc2c1. The molecule has 1 aromatic heterocycles. The summed E-state index contributed by atoms with van der Waals surface area (Å²) in [6, 6.07) is 4.77. The van der Waals surface area contributed by atoms with Gasteiger partial charge in [0.2, 0.25) is 5.95 Å². The molecule has 3 atom stereocenters. The van der Waals surface area contributed by atoms with E-state index in [-0.39, 0.29) is 11.6 Å². The van der Waals surface area contributed by atoms with Crippen molar-refractivity contribution in [2.45, 2.75) is 43.4 Å². The van der Waals surface area contributed by atoms with Gasteiger partial charge in [-0.15, -0.1) is 0 Å². The predicted molar refractivity (Wildman–Crippen MR) is 131 cm³/mol. The summed E-state index contributed by atoms with van der Waals surface area (Å²) in [7, 11) is 1.67. The third kappa shape index (κ3) is 3.51. The van der Waals surface area contributed by atoms with Gasteiger partial charge in [-0.05, 0) is 42.4 Å². The molecule has 8 nitrogen and oxygen atoms in total. The Morgan fingerprint density at radius 1 is 1.24 bits per heavy atom. The van der Waals surface area contributed by atoms with E-state index in [4.69, 9.17) is 14.5 Å². The number of hydrogen-bond acceptors (Lipinski definition) is 7. The van der Waals surface area contributed by atoms with Crippen molar-refractivity contribution in [3.8, 4) is 5.75 Å². The van der Waals surface area contributed by atoms with Crippen molar-refractivity contribution in [3.05, 3.63) is 52.0 Å². The molecule has 3 saturated heterocycles. The summed E-state index contributed by atoms with van der Waals surface area (Å²) < 4.78 is 11.3. The maximum Gasteiger partial charge on any atom is 0.260 e. The lowest BCUT2D eigenvalue weighted by Gasteiger charge is -2.42. The molecular formula is C26H31N5O3. The molecule has 0 spiro atoms. The van der Waals surface area contributed by atoms with Crippen LogP contribution in [0.15, 0.2) is 40.9 Å². The molecule has 1 aromatic carbocycles. The number of ether oxygens (including phenoxy) is 2. The zero-order valence-electron chi connectivity index (χ0n) is 19.6. The summed E-state index contributed by atoms with van der Waals surface area (Å²) in [6.07, 6.45) is 10.8. The quantitative estimate of drug-likeness (QED) is 0.732. The highest BCUT2D eigenvalue weighted by Crippen LogP contribution is 2.43. The highest BCUT2D eigenvalue weighted by molar-refractivity contribution is 5.85. The number of morpholine rings is 1. The lowest BCUT2D eigenvalue weighted by Crippen LogP contribution is -2.52. The van der Waals surface area contributed by atoms with Crippen molar-refractivity contribution in [1.82, 2.24) is 19.8 Å². The molecule has 2 aromatic rings. The summed E-state index contributed by atoms with van der Waals surface area (Å²) in [5.74, 6) is 1.88. The number of aromatic nitrogens is 2. The molecule has 2 bridgehead atoms. The molecule has 0 radical (unpaired) electrons. The van der Waals surface area contributed by atoms with Crippen LogP contribution in [0.25, 0.3) is 10.9 Å². The minimum absolute atomic E-state index is 0.0442. The van der Waals surface area contributed by atoms with Gasteiger partial charge in [-0.2, -0.15) is 0 Å². The number of piperazine rings is 1. The smallest absolute Gasteiger partial charge is 0.260 e. The van der Waals surface area contributed by atoms with Crippen LogP contribution in [0.4, 0.5) is 5.95 Å². The second-order valence-electron chi connectivity index (χ2n) is 10.4. The lowest BCUT2D eigenvalue weighted by molar-refractivity contribution is 0.0346. The topological polar surface area (TPSA) is 73.9 Å². The van der Waals surface area contributed by atoms with Gasteiger partial charge in [0.1, 0.15) is 5.75 Å². The first-order chi connectivity index (χ1) is 16.6. The number of anilines is 1. The second kappa shape index (κ2) is 7.85. The predicted octanol–water partition coefficient (Wildman–Crippen LogP) is 2.23. The van der Waals surface area contributed by atoms with E-state index in [0.717, 1.165) is 74.4 Å². The largest absolute Gasteiger partial charge is 0.497 e. The van der Waals surface area contributed by atoms with Crippen molar-refractivity contribution in [1.29, 1.82) is 0 Å². The van der Waals surface area contributed by atoms with Gasteiger partial charge in [0.15, 0.2) is 0 Å². The second-order valence-corrected chi connectivity index (χ2v) is 10.4. The van der Waals surface area contributed by atoms with Gasteiger partial charge in [-0.1, -0.05) is 12.2 Å². The third-order valence-electron chi connectivity index (χ3n) is 8.08. The van der Waals surface area contributed by atoms with E-state index in [0.29, 0.717) is 24.0 Å². The maximum absolute atomic E-state index is 13.1. The molecular weight excluding hydrogens is 430 g/mol. The molecule has 0 amide bonds. The van der Waals surface area contributed by atoms with Gasteiger partial charge in [0, 0.05) is 51.0 Å². The molecule has 5 heterocycles. The number of nitrogens with one attached hydrogen (secondary N) is 1. The van der Waals surface area contributed by atoms with Crippen LogP contribution < -0.4 is 15.2 Å². The molecule has 5 aliphatic rings. The Morgan fingerprint density at radius 2 is 2.15 bits per heavy atom. The summed E-state index contributed by atoms with van der Waals surface area (Å²) in [5, 5.41) is 0.719. The summed E-state index contributed by atoms with van der Waals surface area (Å²) in [5.41, 5.74) is 3.13. The number of aromatic amines is 1. The maximum atomic E-state index is 13.1. The fourth-order valence-electron chi connectivity index (χ4n) is 6.09. The van der Waals surface area contributed by atoms with Gasteiger partial charge in [0.25, 0.3) is 5.56 Å². The van der Waals surface area contributed by atoms with Crippen LogP contribution in [0, 0.1) is 0 Å². The number of benzene rings is 1. The summed E-state index contributed by atoms with van der Waals surface area (Å²) >= 11 is 0. The van der Waals surface area contributed by atoms with Crippen LogP contribution in [0.1, 0.15) is 30.7 Å². The van der Waals surface area contributed by atoms with E-state index in [1.165, 1.54) is 12.0 Å². The van der Waals surface area contributed by atoms with Crippen LogP contribution in [0.5, 0.6) is 5.75 Å². The average Bonchev–Trinajstić information content (AvgIpc) is 3.50. The monoisotopic (exact) mass is 461 g/mol. The molecule has 4 aliphatic heterocycles. The molecule has 3 unspecified atom stereocenters. The molecule has 8 heteroatoms. The van der Waals surface area contributed by atoms with Gasteiger partial charge in [-0.3, -0.25) is 14.7 Å². The number of H-pyrrole nitrogens is 1. The number of hydrogen-bond donors (Lipinski definition) is 1. The normalized spacial score (nSPS) is 28.5. The van der Waals surface area contributed by atoms with Crippen molar-refractivity contribution in [2.75, 3.05) is 51.3 Å². The van der Waals surface area contributed by atoms with Gasteiger partial charge in [-0.25, -0.2) is 4.98 Å². The Bertz CT molecular complexity index is 1250. The average molecular weight is 462 g/mol. The number of methoxy groups -OCH3 is 1. The fraction of sp³-hybridized carbons (Fsp3) is 0.538. The van der Waals surface area contributed by atoms with E-state index in [1.807, 2.05) is 12.1 Å². The number of fused-ring (bicyclic) bond motifs is 4. The third-order valence-corrected chi connectivity index (χ3v) is 8.08. The van der Waals surface area contributed by atoms with Crippen molar-refractivity contribution < 1.29 is 9.47 Å². The number of likely N-dealkylation sites (tertiary alicyclic amines) is 1. The van der Waals surface area contributed by atoms with Crippen LogP contribution in [-0.2, 0) is 4.74 Å². The first-order valence-corrected chi connectivity index (χ1v) is 12.5. The first-order valence-electron chi connectivity index (χ1n) is 12.5. The summed E-state index contributed by atoms with van der Waals surface area (Å²) in [6.45, 7) is 5.47. The van der Waals surface area contributed by atoms with Crippen LogP contribution in [0.3, 0.4) is 0 Å². The Balaban J connectivity index is 1.10. The molecule has 1 saturated carbocycles. The van der Waals surface area contributed by atoms with Crippen LogP contribution in [0.2, 0.25) is 0 Å². The molecule has 1 aliphatic carbocycles. The van der Waals surface area contributed by atoms with Crippen LogP contribution in [-0.4, -0.2) is 84.4 Å². The number of nitrogens with zero attached hydrogens (tertiary/aromatic N) is 4. The zero-order chi connectivity index (χ0) is 22.8.